The molecule has 3 nitrogen and oxygen atoms in total. The number of hydrogen-bond acceptors (Lipinski definition) is 3. The topological polar surface area (TPSA) is 50.1 Å². The number of hydrogen-bond donors (Lipinski definition) is 0. The van der Waals surface area contributed by atoms with E-state index in [2.05, 4.69) is 0 Å². The average Bonchev–Trinajstić information content (AvgIpc) is 2.45. The molecule has 0 bridgehead atoms. The zero-order chi connectivity index (χ0) is 13.7. The maximum atomic E-state index is 11.9. The van der Waals surface area contributed by atoms with Crippen molar-refractivity contribution in [2.75, 3.05) is 6.61 Å². The molecule has 0 unspecified atom stereocenters. The average molecular weight is 272 g/mol. The van der Waals surface area contributed by atoms with E-state index in [4.69, 9.17) is 21.6 Å². The van der Waals surface area contributed by atoms with Gasteiger partial charge in [-0.1, -0.05) is 35.9 Å². The Morgan fingerprint density at radius 2 is 1.84 bits per heavy atom. The van der Waals surface area contributed by atoms with Crippen LogP contribution in [0.25, 0.3) is 0 Å². The van der Waals surface area contributed by atoms with Crippen LogP contribution in [0.4, 0.5) is 0 Å². The summed E-state index contributed by atoms with van der Waals surface area (Å²) in [4.78, 5) is 11.9. The van der Waals surface area contributed by atoms with Gasteiger partial charge >= 0.3 is 0 Å². The van der Waals surface area contributed by atoms with Gasteiger partial charge in [0.1, 0.15) is 11.8 Å². The molecule has 0 amide bonds. The fraction of sp³-hybridized carbons (Fsp3) is 0.0667. The standard InChI is InChI=1S/C15H10ClNO2/c16-13-7-3-2-6-12(13)14(18)10-19-15-8-4-1-5-11(15)9-17/h1-8H,10H2. The zero-order valence-electron chi connectivity index (χ0n) is 9.97. The maximum absolute atomic E-state index is 11.9. The zero-order valence-corrected chi connectivity index (χ0v) is 10.7. The molecule has 2 aromatic carbocycles. The van der Waals surface area contributed by atoms with Gasteiger partial charge in [-0.05, 0) is 24.3 Å². The fourth-order valence-corrected chi connectivity index (χ4v) is 1.83. The second kappa shape index (κ2) is 6.03. The first-order chi connectivity index (χ1) is 9.22. The van der Waals surface area contributed by atoms with Crippen LogP contribution in [0.1, 0.15) is 15.9 Å². The van der Waals surface area contributed by atoms with Crippen LogP contribution >= 0.6 is 11.6 Å². The van der Waals surface area contributed by atoms with E-state index in [-0.39, 0.29) is 12.4 Å². The van der Waals surface area contributed by atoms with Crippen molar-refractivity contribution in [2.24, 2.45) is 0 Å². The number of carbonyl (C=O) groups excluding carboxylic acids is 1. The minimum atomic E-state index is -0.224. The van der Waals surface area contributed by atoms with Gasteiger partial charge in [-0.25, -0.2) is 0 Å². The first kappa shape index (κ1) is 13.1. The summed E-state index contributed by atoms with van der Waals surface area (Å²) in [7, 11) is 0. The monoisotopic (exact) mass is 271 g/mol. The van der Waals surface area contributed by atoms with Crippen molar-refractivity contribution in [1.82, 2.24) is 0 Å². The molecule has 4 heteroatoms. The normalized spacial score (nSPS) is 9.68. The Morgan fingerprint density at radius 3 is 2.58 bits per heavy atom. The van der Waals surface area contributed by atoms with Crippen molar-refractivity contribution in [1.29, 1.82) is 5.26 Å². The van der Waals surface area contributed by atoms with Crippen LogP contribution in [-0.2, 0) is 0 Å². The van der Waals surface area contributed by atoms with E-state index in [9.17, 15) is 4.79 Å². The second-order valence-electron chi connectivity index (χ2n) is 3.80. The number of rotatable bonds is 4. The van der Waals surface area contributed by atoms with E-state index >= 15 is 0 Å². The predicted octanol–water partition coefficient (Wildman–Crippen LogP) is 3.47. The van der Waals surface area contributed by atoms with Crippen LogP contribution in [0, 0.1) is 11.3 Å². The first-order valence-electron chi connectivity index (χ1n) is 5.62. The summed E-state index contributed by atoms with van der Waals surface area (Å²) in [5.74, 6) is 0.170. The summed E-state index contributed by atoms with van der Waals surface area (Å²) in [5.41, 5.74) is 0.813. The summed E-state index contributed by atoms with van der Waals surface area (Å²) >= 11 is 5.93. The van der Waals surface area contributed by atoms with Crippen LogP contribution in [-0.4, -0.2) is 12.4 Å². The van der Waals surface area contributed by atoms with Gasteiger partial charge in [0.15, 0.2) is 6.61 Å². The van der Waals surface area contributed by atoms with Gasteiger partial charge in [-0.15, -0.1) is 0 Å². The van der Waals surface area contributed by atoms with E-state index < -0.39 is 0 Å². The third kappa shape index (κ3) is 3.12. The van der Waals surface area contributed by atoms with Gasteiger partial charge < -0.3 is 4.74 Å². The van der Waals surface area contributed by atoms with E-state index in [1.165, 1.54) is 0 Å². The van der Waals surface area contributed by atoms with Gasteiger partial charge in [0.25, 0.3) is 0 Å². The Morgan fingerprint density at radius 1 is 1.16 bits per heavy atom. The van der Waals surface area contributed by atoms with Gasteiger partial charge in [0, 0.05) is 5.56 Å². The second-order valence-corrected chi connectivity index (χ2v) is 4.21. The lowest BCUT2D eigenvalue weighted by Gasteiger charge is -2.07. The Bertz CT molecular complexity index is 647. The number of ether oxygens (including phenoxy) is 1. The smallest absolute Gasteiger partial charge is 0.201 e. The van der Waals surface area contributed by atoms with Gasteiger partial charge in [0.05, 0.1) is 10.6 Å². The van der Waals surface area contributed by atoms with Crippen molar-refractivity contribution in [2.45, 2.75) is 0 Å². The summed E-state index contributed by atoms with van der Waals surface area (Å²) in [5, 5.41) is 9.30. The van der Waals surface area contributed by atoms with Crippen molar-refractivity contribution in [3.63, 3.8) is 0 Å². The molecule has 0 aliphatic carbocycles. The lowest BCUT2D eigenvalue weighted by molar-refractivity contribution is 0.0921. The number of ketones is 1. The Balaban J connectivity index is 2.10. The number of nitrogens with zero attached hydrogens (tertiary/aromatic N) is 1. The van der Waals surface area contributed by atoms with Crippen LogP contribution in [0.5, 0.6) is 5.75 Å². The summed E-state index contributed by atoms with van der Waals surface area (Å²) in [6, 6.07) is 15.6. The van der Waals surface area contributed by atoms with E-state index in [1.54, 1.807) is 48.5 Å². The molecule has 0 N–H and O–H groups in total. The Labute approximate surface area is 116 Å². The van der Waals surface area contributed by atoms with Crippen LogP contribution in [0.3, 0.4) is 0 Å². The largest absolute Gasteiger partial charge is 0.484 e. The van der Waals surface area contributed by atoms with Crippen molar-refractivity contribution >= 4 is 17.4 Å². The number of Topliss-reactive ketones (excluding diaryl/α,β-unsaturated/α-hetero) is 1. The molecule has 19 heavy (non-hydrogen) atoms. The maximum Gasteiger partial charge on any atom is 0.201 e. The van der Waals surface area contributed by atoms with E-state index in [0.29, 0.717) is 21.9 Å². The molecular weight excluding hydrogens is 262 g/mol. The minimum Gasteiger partial charge on any atom is -0.484 e. The first-order valence-corrected chi connectivity index (χ1v) is 6.00. The summed E-state index contributed by atoms with van der Waals surface area (Å²) in [6.07, 6.45) is 0. The van der Waals surface area contributed by atoms with Crippen molar-refractivity contribution in [3.05, 3.63) is 64.7 Å². The fourth-order valence-electron chi connectivity index (χ4n) is 1.59. The molecule has 0 saturated carbocycles. The number of carbonyl (C=O) groups is 1. The summed E-state index contributed by atoms with van der Waals surface area (Å²) < 4.78 is 5.37. The van der Waals surface area contributed by atoms with Crippen molar-refractivity contribution in [3.8, 4) is 11.8 Å². The van der Waals surface area contributed by atoms with Crippen molar-refractivity contribution < 1.29 is 9.53 Å². The molecule has 0 aliphatic heterocycles. The number of nitriles is 1. The SMILES string of the molecule is N#Cc1ccccc1OCC(=O)c1ccccc1Cl. The predicted molar refractivity (Wildman–Crippen MR) is 72.4 cm³/mol. The van der Waals surface area contributed by atoms with Crippen LogP contribution in [0.15, 0.2) is 48.5 Å². The molecule has 0 radical (unpaired) electrons. The summed E-state index contributed by atoms with van der Waals surface area (Å²) in [6.45, 7) is -0.150. The molecule has 94 valence electrons. The third-order valence-corrected chi connectivity index (χ3v) is 2.87. The molecule has 0 aromatic heterocycles. The Kier molecular flexibility index (Phi) is 4.17. The number of halogens is 1. The molecule has 0 aliphatic rings. The molecule has 0 fully saturated rings. The highest BCUT2D eigenvalue weighted by molar-refractivity contribution is 6.34. The third-order valence-electron chi connectivity index (χ3n) is 2.54. The highest BCUT2D eigenvalue weighted by atomic mass is 35.5. The molecule has 0 atom stereocenters. The highest BCUT2D eigenvalue weighted by Crippen LogP contribution is 2.19. The van der Waals surface area contributed by atoms with Gasteiger partial charge in [0.2, 0.25) is 5.78 Å². The van der Waals surface area contributed by atoms with Crippen LogP contribution < -0.4 is 4.74 Å². The number of para-hydroxylation sites is 1. The molecule has 2 aromatic rings. The van der Waals surface area contributed by atoms with Gasteiger partial charge in [-0.3, -0.25) is 4.79 Å². The molecule has 0 heterocycles. The lowest BCUT2D eigenvalue weighted by atomic mass is 10.1. The number of benzene rings is 2. The molecule has 2 rings (SSSR count). The lowest BCUT2D eigenvalue weighted by Crippen LogP contribution is -2.12. The molecule has 0 saturated heterocycles. The van der Waals surface area contributed by atoms with Crippen LogP contribution in [0.2, 0.25) is 5.02 Å². The quantitative estimate of drug-likeness (QED) is 0.800. The van der Waals surface area contributed by atoms with Gasteiger partial charge in [-0.2, -0.15) is 5.26 Å². The van der Waals surface area contributed by atoms with E-state index in [1.807, 2.05) is 6.07 Å². The minimum absolute atomic E-state index is 0.150. The molecule has 0 spiro atoms. The Hall–Kier alpha value is -2.31. The highest BCUT2D eigenvalue weighted by Gasteiger charge is 2.11. The molecular formula is C15H10ClNO2. The van der Waals surface area contributed by atoms with E-state index in [0.717, 1.165) is 0 Å².